The minimum atomic E-state index is 0.00562. The van der Waals surface area contributed by atoms with Crippen LogP contribution in [0, 0.1) is 6.92 Å². The van der Waals surface area contributed by atoms with Crippen LogP contribution >= 0.6 is 11.3 Å². The summed E-state index contributed by atoms with van der Waals surface area (Å²) in [6.07, 6.45) is 2.33. The molecule has 1 amide bonds. The molecule has 1 atom stereocenters. The van der Waals surface area contributed by atoms with E-state index in [9.17, 15) is 9.59 Å². The molecule has 0 bridgehead atoms. The number of likely N-dealkylation sites (tertiary alicyclic amines) is 1. The zero-order valence-corrected chi connectivity index (χ0v) is 14.8. The van der Waals surface area contributed by atoms with Crippen LogP contribution < -0.4 is 9.61 Å². The van der Waals surface area contributed by atoms with Gasteiger partial charge in [0.25, 0.3) is 0 Å². The molecule has 6 heteroatoms. The number of thiazole rings is 1. The molecule has 1 aliphatic rings. The van der Waals surface area contributed by atoms with E-state index >= 15 is 0 Å². The Morgan fingerprint density at radius 1 is 1.42 bits per heavy atom. The molecule has 24 heavy (non-hydrogen) atoms. The topological polar surface area (TPSA) is 51.5 Å². The number of hydrogen-bond donors (Lipinski definition) is 0. The van der Waals surface area contributed by atoms with Gasteiger partial charge in [0, 0.05) is 30.6 Å². The van der Waals surface area contributed by atoms with E-state index in [4.69, 9.17) is 4.74 Å². The highest BCUT2D eigenvalue weighted by atomic mass is 32.1. The van der Waals surface area contributed by atoms with Crippen molar-refractivity contribution in [2.45, 2.75) is 38.8 Å². The first-order valence-corrected chi connectivity index (χ1v) is 9.06. The van der Waals surface area contributed by atoms with E-state index in [1.807, 2.05) is 41.5 Å². The Balaban J connectivity index is 1.70. The Labute approximate surface area is 145 Å². The van der Waals surface area contributed by atoms with E-state index in [2.05, 4.69) is 0 Å². The number of carbonyl (C=O) groups excluding carboxylic acids is 1. The second-order valence-electron chi connectivity index (χ2n) is 6.07. The molecule has 128 valence electrons. The van der Waals surface area contributed by atoms with Gasteiger partial charge in [0.2, 0.25) is 5.91 Å². The zero-order chi connectivity index (χ0) is 17.1. The highest BCUT2D eigenvalue weighted by Crippen LogP contribution is 2.33. The standard InChI is InChI=1S/C18H22N2O3S/c1-13-12-24-18(22)19(13)10-8-17(21)20-9-4-7-16(20)14-5-3-6-15(11-14)23-2/h3,5-6,11-12,16H,4,7-10H2,1-2H3. The summed E-state index contributed by atoms with van der Waals surface area (Å²) in [6.45, 7) is 3.13. The van der Waals surface area contributed by atoms with Gasteiger partial charge < -0.3 is 14.2 Å². The Bertz CT molecular complexity index is 781. The van der Waals surface area contributed by atoms with Crippen molar-refractivity contribution >= 4 is 17.2 Å². The van der Waals surface area contributed by atoms with Gasteiger partial charge in [-0.25, -0.2) is 0 Å². The second kappa shape index (κ2) is 7.21. The van der Waals surface area contributed by atoms with Crippen LogP contribution in [0.1, 0.15) is 36.6 Å². The third-order valence-corrected chi connectivity index (χ3v) is 5.46. The molecule has 1 aliphatic heterocycles. The van der Waals surface area contributed by atoms with Crippen molar-refractivity contribution < 1.29 is 9.53 Å². The van der Waals surface area contributed by atoms with Gasteiger partial charge >= 0.3 is 4.87 Å². The lowest BCUT2D eigenvalue weighted by molar-refractivity contribution is -0.132. The molecule has 3 rings (SSSR count). The number of amides is 1. The van der Waals surface area contributed by atoms with Gasteiger partial charge in [0.1, 0.15) is 5.75 Å². The maximum Gasteiger partial charge on any atom is 0.307 e. The molecule has 0 aliphatic carbocycles. The van der Waals surface area contributed by atoms with Gasteiger partial charge in [-0.2, -0.15) is 0 Å². The van der Waals surface area contributed by atoms with Gasteiger partial charge in [0.15, 0.2) is 0 Å². The fourth-order valence-electron chi connectivity index (χ4n) is 3.29. The Morgan fingerprint density at radius 3 is 2.96 bits per heavy atom. The molecule has 5 nitrogen and oxygen atoms in total. The molecule has 1 aromatic heterocycles. The Hall–Kier alpha value is -2.08. The summed E-state index contributed by atoms with van der Waals surface area (Å²) >= 11 is 1.19. The van der Waals surface area contributed by atoms with Crippen molar-refractivity contribution in [3.63, 3.8) is 0 Å². The fraction of sp³-hybridized carbons (Fsp3) is 0.444. The Kier molecular flexibility index (Phi) is 5.04. The van der Waals surface area contributed by atoms with Crippen molar-refractivity contribution in [1.29, 1.82) is 0 Å². The van der Waals surface area contributed by atoms with Crippen molar-refractivity contribution in [2.24, 2.45) is 0 Å². The minimum absolute atomic E-state index is 0.00562. The summed E-state index contributed by atoms with van der Waals surface area (Å²) in [5.41, 5.74) is 2.03. The lowest BCUT2D eigenvalue weighted by Crippen LogP contribution is -2.32. The van der Waals surface area contributed by atoms with Gasteiger partial charge in [-0.15, -0.1) is 0 Å². The molecule has 1 aromatic carbocycles. The average molecular weight is 346 g/mol. The molecule has 0 spiro atoms. The molecule has 0 radical (unpaired) electrons. The maximum atomic E-state index is 12.7. The number of carbonyl (C=O) groups is 1. The minimum Gasteiger partial charge on any atom is -0.497 e. The van der Waals surface area contributed by atoms with Crippen molar-refractivity contribution in [3.05, 3.63) is 50.6 Å². The lowest BCUT2D eigenvalue weighted by Gasteiger charge is -2.25. The van der Waals surface area contributed by atoms with E-state index in [1.54, 1.807) is 11.7 Å². The van der Waals surface area contributed by atoms with Crippen LogP contribution in [0.2, 0.25) is 0 Å². The van der Waals surface area contributed by atoms with Crippen LogP contribution in [-0.2, 0) is 11.3 Å². The summed E-state index contributed by atoms with van der Waals surface area (Å²) in [4.78, 5) is 26.4. The SMILES string of the molecule is COc1cccc(C2CCCN2C(=O)CCn2c(C)csc2=O)c1. The predicted molar refractivity (Wildman–Crippen MR) is 94.6 cm³/mol. The highest BCUT2D eigenvalue weighted by molar-refractivity contribution is 7.07. The van der Waals surface area contributed by atoms with Crippen LogP contribution in [0.25, 0.3) is 0 Å². The monoisotopic (exact) mass is 346 g/mol. The largest absolute Gasteiger partial charge is 0.497 e. The molecule has 2 aromatic rings. The third-order valence-electron chi connectivity index (χ3n) is 4.58. The Morgan fingerprint density at radius 2 is 2.25 bits per heavy atom. The second-order valence-corrected chi connectivity index (χ2v) is 6.89. The number of benzene rings is 1. The van der Waals surface area contributed by atoms with Crippen LogP contribution in [0.5, 0.6) is 5.75 Å². The average Bonchev–Trinajstić information content (AvgIpc) is 3.20. The van der Waals surface area contributed by atoms with Crippen LogP contribution in [0.15, 0.2) is 34.4 Å². The molecular weight excluding hydrogens is 324 g/mol. The number of methoxy groups -OCH3 is 1. The lowest BCUT2D eigenvalue weighted by atomic mass is 10.0. The molecule has 0 N–H and O–H groups in total. The normalized spacial score (nSPS) is 17.2. The van der Waals surface area contributed by atoms with Gasteiger partial charge in [-0.05, 0) is 37.5 Å². The number of nitrogens with zero attached hydrogens (tertiary/aromatic N) is 2. The van der Waals surface area contributed by atoms with E-state index in [1.165, 1.54) is 11.3 Å². The van der Waals surface area contributed by atoms with Crippen molar-refractivity contribution in [3.8, 4) is 5.75 Å². The van der Waals surface area contributed by atoms with E-state index in [0.717, 1.165) is 36.4 Å². The van der Waals surface area contributed by atoms with Crippen LogP contribution in [0.4, 0.5) is 0 Å². The molecule has 0 saturated carbocycles. The van der Waals surface area contributed by atoms with Crippen molar-refractivity contribution in [2.75, 3.05) is 13.7 Å². The maximum absolute atomic E-state index is 12.7. The number of aromatic nitrogens is 1. The summed E-state index contributed by atoms with van der Waals surface area (Å²) < 4.78 is 6.97. The summed E-state index contributed by atoms with van der Waals surface area (Å²) in [5.74, 6) is 0.921. The number of hydrogen-bond acceptors (Lipinski definition) is 4. The zero-order valence-electron chi connectivity index (χ0n) is 14.0. The van der Waals surface area contributed by atoms with Crippen molar-refractivity contribution in [1.82, 2.24) is 9.47 Å². The third kappa shape index (κ3) is 3.38. The first kappa shape index (κ1) is 16.8. The quantitative estimate of drug-likeness (QED) is 0.836. The van der Waals surface area contributed by atoms with Crippen LogP contribution in [-0.4, -0.2) is 29.0 Å². The summed E-state index contributed by atoms with van der Waals surface area (Å²) in [5, 5.41) is 1.84. The summed E-state index contributed by atoms with van der Waals surface area (Å²) in [7, 11) is 1.65. The van der Waals surface area contributed by atoms with Gasteiger partial charge in [0.05, 0.1) is 13.2 Å². The molecule has 1 saturated heterocycles. The molecule has 1 fully saturated rings. The van der Waals surface area contributed by atoms with Gasteiger partial charge in [-0.1, -0.05) is 23.5 Å². The number of rotatable bonds is 5. The summed E-state index contributed by atoms with van der Waals surface area (Å²) in [6, 6.07) is 8.03. The molecular formula is C18H22N2O3S. The van der Waals surface area contributed by atoms with Crippen LogP contribution in [0.3, 0.4) is 0 Å². The van der Waals surface area contributed by atoms with E-state index in [0.29, 0.717) is 13.0 Å². The molecule has 1 unspecified atom stereocenters. The van der Waals surface area contributed by atoms with E-state index < -0.39 is 0 Å². The van der Waals surface area contributed by atoms with Gasteiger partial charge in [-0.3, -0.25) is 9.59 Å². The first-order valence-electron chi connectivity index (χ1n) is 8.18. The molecule has 2 heterocycles. The smallest absolute Gasteiger partial charge is 0.307 e. The number of aryl methyl sites for hydroxylation is 1. The predicted octanol–water partition coefficient (Wildman–Crippen LogP) is 2.98. The first-order chi connectivity index (χ1) is 11.6. The number of ether oxygens (including phenoxy) is 1. The van der Waals surface area contributed by atoms with E-state index in [-0.39, 0.29) is 16.8 Å². The highest BCUT2D eigenvalue weighted by Gasteiger charge is 2.29. The fourth-order valence-corrected chi connectivity index (χ4v) is 4.05.